The Kier molecular flexibility index (Phi) is 5.59. The topological polar surface area (TPSA) is 72.9 Å². The molecule has 0 unspecified atom stereocenters. The summed E-state index contributed by atoms with van der Waals surface area (Å²) < 4.78 is 10.4. The number of carbonyl (C=O) groups excluding carboxylic acids is 3. The van der Waals surface area contributed by atoms with Crippen molar-refractivity contribution in [3.63, 3.8) is 0 Å². The molecule has 1 aromatic carbocycles. The van der Waals surface area contributed by atoms with E-state index in [9.17, 15) is 14.4 Å². The number of imide groups is 1. The third-order valence-electron chi connectivity index (χ3n) is 3.56. The average molecular weight is 333 g/mol. The Balaban J connectivity index is 1.96. The summed E-state index contributed by atoms with van der Waals surface area (Å²) in [6.45, 7) is 5.55. The van der Waals surface area contributed by atoms with E-state index in [2.05, 4.69) is 0 Å². The van der Waals surface area contributed by atoms with E-state index in [0.717, 1.165) is 10.5 Å². The summed E-state index contributed by atoms with van der Waals surface area (Å²) in [5.41, 5.74) is 0.149. The highest BCUT2D eigenvalue weighted by Crippen LogP contribution is 2.22. The van der Waals surface area contributed by atoms with Crippen molar-refractivity contribution in [2.24, 2.45) is 5.92 Å². The fraction of sp³-hybridized carbons (Fsp3) is 0.500. The molecule has 0 saturated carbocycles. The molecule has 0 aliphatic carbocycles. The van der Waals surface area contributed by atoms with Gasteiger partial charge in [-0.15, -0.1) is 0 Å². The smallest absolute Gasteiger partial charge is 0.417 e. The third kappa shape index (κ3) is 4.81. The molecule has 0 bridgehead atoms. The molecule has 130 valence electrons. The Morgan fingerprint density at radius 2 is 1.88 bits per heavy atom. The Hall–Kier alpha value is -2.37. The first-order valence-corrected chi connectivity index (χ1v) is 8.03. The molecule has 6 nitrogen and oxygen atoms in total. The molecule has 0 spiro atoms. The fourth-order valence-corrected chi connectivity index (χ4v) is 2.42. The summed E-state index contributed by atoms with van der Waals surface area (Å²) in [6.07, 6.45) is 0.218. The van der Waals surface area contributed by atoms with Crippen LogP contribution in [0.1, 0.15) is 39.2 Å². The van der Waals surface area contributed by atoms with Crippen LogP contribution >= 0.6 is 0 Å². The van der Waals surface area contributed by atoms with E-state index in [1.165, 1.54) is 0 Å². The van der Waals surface area contributed by atoms with Crippen molar-refractivity contribution in [2.75, 3.05) is 6.54 Å². The minimum atomic E-state index is -0.949. The van der Waals surface area contributed by atoms with Gasteiger partial charge < -0.3 is 9.47 Å². The third-order valence-corrected chi connectivity index (χ3v) is 3.56. The van der Waals surface area contributed by atoms with Crippen LogP contribution in [0.25, 0.3) is 0 Å². The number of carbonyl (C=O) groups is 3. The number of amides is 2. The first kappa shape index (κ1) is 18.0. The van der Waals surface area contributed by atoms with Crippen molar-refractivity contribution < 1.29 is 23.9 Å². The van der Waals surface area contributed by atoms with Gasteiger partial charge in [0.2, 0.25) is 5.91 Å². The van der Waals surface area contributed by atoms with Gasteiger partial charge in [0.25, 0.3) is 0 Å². The number of benzene rings is 1. The summed E-state index contributed by atoms with van der Waals surface area (Å²) in [7, 11) is 0. The van der Waals surface area contributed by atoms with Crippen molar-refractivity contribution in [3.05, 3.63) is 35.9 Å². The lowest BCUT2D eigenvalue weighted by Gasteiger charge is -2.31. The molecular weight excluding hydrogens is 310 g/mol. The lowest BCUT2D eigenvalue weighted by molar-refractivity contribution is -0.158. The van der Waals surface area contributed by atoms with Gasteiger partial charge in [0.05, 0.1) is 0 Å². The van der Waals surface area contributed by atoms with Crippen molar-refractivity contribution in [2.45, 2.75) is 45.8 Å². The zero-order valence-electron chi connectivity index (χ0n) is 14.3. The van der Waals surface area contributed by atoms with Crippen LogP contribution in [0.4, 0.5) is 4.79 Å². The molecular formula is C18H23NO5. The van der Waals surface area contributed by atoms with E-state index >= 15 is 0 Å². The molecule has 0 aromatic heterocycles. The minimum absolute atomic E-state index is 0.107. The van der Waals surface area contributed by atoms with Gasteiger partial charge >= 0.3 is 12.1 Å². The van der Waals surface area contributed by atoms with Crippen LogP contribution in [0.5, 0.6) is 0 Å². The van der Waals surface area contributed by atoms with Gasteiger partial charge in [-0.05, 0) is 39.2 Å². The maximum atomic E-state index is 12.4. The lowest BCUT2D eigenvalue weighted by Crippen LogP contribution is -2.49. The maximum Gasteiger partial charge on any atom is 0.417 e. The molecule has 2 amide bonds. The first-order chi connectivity index (χ1) is 11.3. The largest absolute Gasteiger partial charge is 0.460 e. The molecule has 24 heavy (non-hydrogen) atoms. The van der Waals surface area contributed by atoms with Crippen LogP contribution in [-0.4, -0.2) is 35.0 Å². The van der Waals surface area contributed by atoms with Gasteiger partial charge in [0.15, 0.2) is 0 Å². The number of esters is 1. The summed E-state index contributed by atoms with van der Waals surface area (Å²) in [5, 5.41) is 0. The van der Waals surface area contributed by atoms with Crippen LogP contribution in [0.2, 0.25) is 0 Å². The molecule has 1 aromatic rings. The predicted octanol–water partition coefficient (Wildman–Crippen LogP) is 2.90. The van der Waals surface area contributed by atoms with E-state index in [1.807, 2.05) is 30.3 Å². The van der Waals surface area contributed by atoms with Gasteiger partial charge in [0.1, 0.15) is 18.1 Å². The molecule has 2 rings (SSSR count). The monoisotopic (exact) mass is 333 g/mol. The van der Waals surface area contributed by atoms with E-state index in [-0.39, 0.29) is 13.2 Å². The Morgan fingerprint density at radius 1 is 1.21 bits per heavy atom. The van der Waals surface area contributed by atoms with E-state index in [1.54, 1.807) is 20.8 Å². The average Bonchev–Trinajstić information content (AvgIpc) is 2.52. The van der Waals surface area contributed by atoms with Crippen molar-refractivity contribution in [1.82, 2.24) is 4.90 Å². The Bertz CT molecular complexity index is 606. The number of rotatable bonds is 3. The van der Waals surface area contributed by atoms with E-state index in [4.69, 9.17) is 9.47 Å². The Morgan fingerprint density at radius 3 is 2.50 bits per heavy atom. The number of piperidine rings is 1. The van der Waals surface area contributed by atoms with E-state index < -0.39 is 29.5 Å². The summed E-state index contributed by atoms with van der Waals surface area (Å²) in [6, 6.07) is 9.24. The molecule has 1 fully saturated rings. The molecule has 1 aliphatic rings. The van der Waals surface area contributed by atoms with Crippen molar-refractivity contribution in [1.29, 1.82) is 0 Å². The minimum Gasteiger partial charge on any atom is -0.460 e. The van der Waals surface area contributed by atoms with Gasteiger partial charge in [-0.3, -0.25) is 9.59 Å². The van der Waals surface area contributed by atoms with E-state index in [0.29, 0.717) is 12.8 Å². The number of hydrogen-bond acceptors (Lipinski definition) is 5. The summed E-state index contributed by atoms with van der Waals surface area (Å²) in [5.74, 6) is -2.10. The zero-order valence-corrected chi connectivity index (χ0v) is 14.3. The van der Waals surface area contributed by atoms with Crippen molar-refractivity contribution in [3.8, 4) is 0 Å². The standard InChI is InChI=1S/C18H23NO5/c1-18(2,3)24-17(22)19-11-7-10-14(15(19)20)16(21)23-12-13-8-5-4-6-9-13/h4-6,8-9,14H,7,10-12H2,1-3H3/t14-/m1/s1. The molecule has 1 heterocycles. The second-order valence-electron chi connectivity index (χ2n) is 6.76. The Labute approximate surface area is 141 Å². The van der Waals surface area contributed by atoms with Crippen LogP contribution in [0, 0.1) is 5.92 Å². The highest BCUT2D eigenvalue weighted by Gasteiger charge is 2.39. The van der Waals surface area contributed by atoms with Gasteiger partial charge in [-0.25, -0.2) is 9.69 Å². The molecule has 1 saturated heterocycles. The van der Waals surface area contributed by atoms with Crippen LogP contribution in [0.3, 0.4) is 0 Å². The SMILES string of the molecule is CC(C)(C)OC(=O)N1CCC[C@@H](C(=O)OCc2ccccc2)C1=O. The van der Waals surface area contributed by atoms with Crippen LogP contribution < -0.4 is 0 Å². The van der Waals surface area contributed by atoms with Gasteiger partial charge in [-0.1, -0.05) is 30.3 Å². The molecule has 6 heteroatoms. The molecule has 1 atom stereocenters. The molecule has 0 N–H and O–H groups in total. The lowest BCUT2D eigenvalue weighted by atomic mass is 9.97. The number of hydrogen-bond donors (Lipinski definition) is 0. The normalized spacial score (nSPS) is 18.2. The van der Waals surface area contributed by atoms with Crippen LogP contribution in [0.15, 0.2) is 30.3 Å². The summed E-state index contributed by atoms with van der Waals surface area (Å²) in [4.78, 5) is 37.7. The summed E-state index contributed by atoms with van der Waals surface area (Å²) >= 11 is 0. The number of nitrogens with zero attached hydrogens (tertiary/aromatic N) is 1. The number of likely N-dealkylation sites (tertiary alicyclic amines) is 1. The van der Waals surface area contributed by atoms with Gasteiger partial charge in [-0.2, -0.15) is 0 Å². The maximum absolute atomic E-state index is 12.4. The number of ether oxygens (including phenoxy) is 2. The predicted molar refractivity (Wildman–Crippen MR) is 86.9 cm³/mol. The second kappa shape index (κ2) is 7.47. The quantitative estimate of drug-likeness (QED) is 0.628. The first-order valence-electron chi connectivity index (χ1n) is 8.03. The molecule has 1 aliphatic heterocycles. The fourth-order valence-electron chi connectivity index (χ4n) is 2.42. The highest BCUT2D eigenvalue weighted by molar-refractivity contribution is 6.04. The van der Waals surface area contributed by atoms with Crippen LogP contribution in [-0.2, 0) is 25.7 Å². The zero-order chi connectivity index (χ0) is 17.7. The van der Waals surface area contributed by atoms with Crippen molar-refractivity contribution >= 4 is 18.0 Å². The molecule has 0 radical (unpaired) electrons. The highest BCUT2D eigenvalue weighted by atomic mass is 16.6. The second-order valence-corrected chi connectivity index (χ2v) is 6.76. The van der Waals surface area contributed by atoms with Gasteiger partial charge in [0, 0.05) is 6.54 Å².